The highest BCUT2D eigenvalue weighted by atomic mass is 35.5. The number of carbonyl (C=O) groups is 1. The molecule has 2 N–H and O–H groups in total. The molecule has 0 bridgehead atoms. The molecular formula is C17H25ClN2O2. The van der Waals surface area contributed by atoms with Crippen molar-refractivity contribution in [1.82, 2.24) is 4.90 Å². The van der Waals surface area contributed by atoms with Crippen LogP contribution in [0, 0.1) is 12.8 Å². The highest BCUT2D eigenvalue weighted by Crippen LogP contribution is 2.21. The second-order valence-electron chi connectivity index (χ2n) is 6.12. The van der Waals surface area contributed by atoms with Crippen LogP contribution in [0.15, 0.2) is 18.2 Å². The molecule has 1 heterocycles. The molecule has 122 valence electrons. The smallest absolute Gasteiger partial charge is 0.238 e. The summed E-state index contributed by atoms with van der Waals surface area (Å²) in [6, 6.07) is 5.52. The van der Waals surface area contributed by atoms with E-state index in [-0.39, 0.29) is 12.5 Å². The quantitative estimate of drug-likeness (QED) is 0.845. The van der Waals surface area contributed by atoms with Crippen molar-refractivity contribution in [1.29, 1.82) is 0 Å². The molecular weight excluding hydrogens is 300 g/mol. The third-order valence-electron chi connectivity index (χ3n) is 4.18. The van der Waals surface area contributed by atoms with Gasteiger partial charge < -0.3 is 10.4 Å². The number of likely N-dealkylation sites (tertiary alicyclic amines) is 1. The van der Waals surface area contributed by atoms with Gasteiger partial charge in [0.15, 0.2) is 0 Å². The molecule has 22 heavy (non-hydrogen) atoms. The number of piperidine rings is 1. The molecule has 1 unspecified atom stereocenters. The van der Waals surface area contributed by atoms with Gasteiger partial charge in [-0.2, -0.15) is 0 Å². The molecule has 1 aromatic carbocycles. The first kappa shape index (κ1) is 17.3. The largest absolute Gasteiger partial charge is 0.396 e. The highest BCUT2D eigenvalue weighted by molar-refractivity contribution is 6.31. The van der Waals surface area contributed by atoms with Gasteiger partial charge in [0.25, 0.3) is 0 Å². The standard InChI is InChI=1S/C17H25ClN2O2/c1-13-10-15(6-7-16(13)18)19-17(22)12-20-8-2-4-14(11-20)5-3-9-21/h6-7,10,14,21H,2-5,8-9,11-12H2,1H3,(H,19,22). The van der Waals surface area contributed by atoms with E-state index in [0.29, 0.717) is 17.5 Å². The summed E-state index contributed by atoms with van der Waals surface area (Å²) in [5, 5.41) is 12.6. The lowest BCUT2D eigenvalue weighted by Gasteiger charge is -2.32. The van der Waals surface area contributed by atoms with Gasteiger partial charge in [0.1, 0.15) is 0 Å². The Morgan fingerprint density at radius 2 is 2.32 bits per heavy atom. The number of halogens is 1. The van der Waals surface area contributed by atoms with E-state index >= 15 is 0 Å². The lowest BCUT2D eigenvalue weighted by atomic mass is 9.93. The lowest BCUT2D eigenvalue weighted by Crippen LogP contribution is -2.40. The van der Waals surface area contributed by atoms with Crippen LogP contribution in [0.3, 0.4) is 0 Å². The fraction of sp³-hybridized carbons (Fsp3) is 0.588. The summed E-state index contributed by atoms with van der Waals surface area (Å²) in [6.07, 6.45) is 4.23. The first-order valence-electron chi connectivity index (χ1n) is 7.97. The van der Waals surface area contributed by atoms with Crippen LogP contribution in [0.5, 0.6) is 0 Å². The number of amides is 1. The molecule has 5 heteroatoms. The normalized spacial score (nSPS) is 19.1. The summed E-state index contributed by atoms with van der Waals surface area (Å²) in [6.45, 7) is 4.54. The third kappa shape index (κ3) is 5.27. The number of anilines is 1. The number of aryl methyl sites for hydroxylation is 1. The average molecular weight is 325 g/mol. The Labute approximate surface area is 137 Å². The monoisotopic (exact) mass is 324 g/mol. The molecule has 0 aromatic heterocycles. The van der Waals surface area contributed by atoms with Crippen LogP contribution in [0.4, 0.5) is 5.69 Å². The maximum atomic E-state index is 12.2. The molecule has 1 aliphatic heterocycles. The second-order valence-corrected chi connectivity index (χ2v) is 6.53. The van der Waals surface area contributed by atoms with Crippen LogP contribution in [0.25, 0.3) is 0 Å². The van der Waals surface area contributed by atoms with Crippen LogP contribution in [-0.2, 0) is 4.79 Å². The fourth-order valence-corrected chi connectivity index (χ4v) is 3.15. The number of aliphatic hydroxyl groups excluding tert-OH is 1. The SMILES string of the molecule is Cc1cc(NC(=O)CN2CCCC(CCCO)C2)ccc1Cl. The molecule has 0 saturated carbocycles. The molecule has 0 radical (unpaired) electrons. The number of nitrogens with zero attached hydrogens (tertiary/aromatic N) is 1. The summed E-state index contributed by atoms with van der Waals surface area (Å²) in [4.78, 5) is 14.4. The zero-order valence-electron chi connectivity index (χ0n) is 13.1. The zero-order valence-corrected chi connectivity index (χ0v) is 13.9. The van der Waals surface area contributed by atoms with Crippen molar-refractivity contribution in [2.45, 2.75) is 32.6 Å². The zero-order chi connectivity index (χ0) is 15.9. The van der Waals surface area contributed by atoms with Crippen molar-refractivity contribution in [3.63, 3.8) is 0 Å². The molecule has 1 saturated heterocycles. The second kappa shape index (κ2) is 8.51. The molecule has 4 nitrogen and oxygen atoms in total. The molecule has 1 aliphatic rings. The van der Waals surface area contributed by atoms with Gasteiger partial charge in [-0.25, -0.2) is 0 Å². The van der Waals surface area contributed by atoms with E-state index in [1.807, 2.05) is 19.1 Å². The molecule has 1 atom stereocenters. The van der Waals surface area contributed by atoms with Crippen LogP contribution in [-0.4, -0.2) is 42.2 Å². The van der Waals surface area contributed by atoms with E-state index in [0.717, 1.165) is 43.6 Å². The average Bonchev–Trinajstić information content (AvgIpc) is 2.49. The minimum Gasteiger partial charge on any atom is -0.396 e. The first-order valence-corrected chi connectivity index (χ1v) is 8.35. The molecule has 1 amide bonds. The van der Waals surface area contributed by atoms with Crippen molar-refractivity contribution in [2.24, 2.45) is 5.92 Å². The summed E-state index contributed by atoms with van der Waals surface area (Å²) < 4.78 is 0. The van der Waals surface area contributed by atoms with Crippen LogP contribution in [0.1, 0.15) is 31.2 Å². The highest BCUT2D eigenvalue weighted by Gasteiger charge is 2.21. The molecule has 2 rings (SSSR count). The van der Waals surface area contributed by atoms with E-state index in [4.69, 9.17) is 16.7 Å². The number of benzene rings is 1. The molecule has 0 spiro atoms. The van der Waals surface area contributed by atoms with Crippen molar-refractivity contribution in [3.8, 4) is 0 Å². The maximum absolute atomic E-state index is 12.2. The van der Waals surface area contributed by atoms with E-state index in [2.05, 4.69) is 10.2 Å². The van der Waals surface area contributed by atoms with Gasteiger partial charge in [-0.3, -0.25) is 9.69 Å². The Hall–Kier alpha value is -1.10. The molecule has 0 aliphatic carbocycles. The Balaban J connectivity index is 1.82. The number of hydrogen-bond donors (Lipinski definition) is 2. The van der Waals surface area contributed by atoms with Gasteiger partial charge in [0.2, 0.25) is 5.91 Å². The van der Waals surface area contributed by atoms with Crippen molar-refractivity contribution in [3.05, 3.63) is 28.8 Å². The Morgan fingerprint density at radius 3 is 3.05 bits per heavy atom. The number of carbonyl (C=O) groups excluding carboxylic acids is 1. The Kier molecular flexibility index (Phi) is 6.68. The van der Waals surface area contributed by atoms with Crippen LogP contribution >= 0.6 is 11.6 Å². The van der Waals surface area contributed by atoms with Gasteiger partial charge in [0.05, 0.1) is 6.54 Å². The molecule has 1 aromatic rings. The fourth-order valence-electron chi connectivity index (χ4n) is 3.04. The van der Waals surface area contributed by atoms with Gasteiger partial charge in [-0.15, -0.1) is 0 Å². The predicted molar refractivity (Wildman–Crippen MR) is 90.3 cm³/mol. The minimum atomic E-state index is 0.0181. The van der Waals surface area contributed by atoms with E-state index < -0.39 is 0 Å². The third-order valence-corrected chi connectivity index (χ3v) is 4.61. The molecule has 1 fully saturated rings. The summed E-state index contributed by atoms with van der Waals surface area (Å²) in [5.41, 5.74) is 1.75. The first-order chi connectivity index (χ1) is 10.6. The van der Waals surface area contributed by atoms with Gasteiger partial charge in [0, 0.05) is 23.9 Å². The number of aliphatic hydroxyl groups is 1. The minimum absolute atomic E-state index is 0.0181. The predicted octanol–water partition coefficient (Wildman–Crippen LogP) is 3.07. The van der Waals surface area contributed by atoms with Crippen molar-refractivity contribution >= 4 is 23.2 Å². The van der Waals surface area contributed by atoms with E-state index in [1.165, 1.54) is 6.42 Å². The Bertz CT molecular complexity index is 507. The van der Waals surface area contributed by atoms with Gasteiger partial charge >= 0.3 is 0 Å². The van der Waals surface area contributed by atoms with Crippen molar-refractivity contribution in [2.75, 3.05) is 31.6 Å². The topological polar surface area (TPSA) is 52.6 Å². The summed E-state index contributed by atoms with van der Waals surface area (Å²) >= 11 is 5.99. The van der Waals surface area contributed by atoms with Crippen molar-refractivity contribution < 1.29 is 9.90 Å². The van der Waals surface area contributed by atoms with Crippen LogP contribution < -0.4 is 5.32 Å². The number of nitrogens with one attached hydrogen (secondary N) is 1. The number of hydrogen-bond acceptors (Lipinski definition) is 3. The van der Waals surface area contributed by atoms with Gasteiger partial charge in [-0.05, 0) is 68.8 Å². The summed E-state index contributed by atoms with van der Waals surface area (Å²) in [5.74, 6) is 0.621. The van der Waals surface area contributed by atoms with Gasteiger partial charge in [-0.1, -0.05) is 11.6 Å². The maximum Gasteiger partial charge on any atom is 0.238 e. The summed E-state index contributed by atoms with van der Waals surface area (Å²) in [7, 11) is 0. The van der Waals surface area contributed by atoms with E-state index in [9.17, 15) is 4.79 Å². The van der Waals surface area contributed by atoms with E-state index in [1.54, 1.807) is 6.07 Å². The lowest BCUT2D eigenvalue weighted by molar-refractivity contribution is -0.117. The number of rotatable bonds is 6. The van der Waals surface area contributed by atoms with Crippen LogP contribution in [0.2, 0.25) is 5.02 Å². The Morgan fingerprint density at radius 1 is 1.50 bits per heavy atom.